The number of hydrogen-bond donors (Lipinski definition) is 0. The molecule has 0 aliphatic rings. The maximum Gasteiger partial charge on any atom is 1.00 e. The van der Waals surface area contributed by atoms with Gasteiger partial charge in [-0.25, -0.2) is 0 Å². The number of rotatable bonds is 0. The van der Waals surface area contributed by atoms with Gasteiger partial charge in [-0.2, -0.15) is 0 Å². The van der Waals surface area contributed by atoms with Crippen LogP contribution in [0.25, 0.3) is 0 Å². The van der Waals surface area contributed by atoms with Crippen LogP contribution in [0, 0.1) is 0 Å². The van der Waals surface area contributed by atoms with Gasteiger partial charge in [-0.1, -0.05) is 0 Å². The number of halogens is 1. The molecular weight excluding hydrogens is 115 g/mol. The van der Waals surface area contributed by atoms with Crippen LogP contribution in [0.2, 0.25) is 0 Å². The van der Waals surface area contributed by atoms with E-state index in [-0.39, 0.29) is 115 Å². The summed E-state index contributed by atoms with van der Waals surface area (Å²) in [7, 11) is 0. The maximum absolute atomic E-state index is 0. The summed E-state index contributed by atoms with van der Waals surface area (Å²) in [6.45, 7) is 0. The first kappa shape index (κ1) is 39.3. The van der Waals surface area contributed by atoms with Crippen LogP contribution in [0.1, 0.15) is 4.28 Å². The van der Waals surface area contributed by atoms with Gasteiger partial charge < -0.3 is 4.28 Å². The third kappa shape index (κ3) is 18.6. The molecule has 0 aliphatic heterocycles. The molecule has 0 bridgehead atoms. The fourth-order valence-electron chi connectivity index (χ4n) is 0. The molecule has 0 aromatic carbocycles. The molecule has 0 saturated heterocycles. The quantitative estimate of drug-likeness (QED) is 0.280. The first-order valence-corrected chi connectivity index (χ1v) is 0. The van der Waals surface area contributed by atoms with Crippen LogP contribution in [0.3, 0.4) is 0 Å². The van der Waals surface area contributed by atoms with E-state index in [1.54, 1.807) is 0 Å². The summed E-state index contributed by atoms with van der Waals surface area (Å²) in [6, 6.07) is 0. The zero-order valence-corrected chi connectivity index (χ0v) is 9.41. The molecule has 0 fully saturated rings. The Morgan fingerprint density at radius 2 is 0.800 bits per heavy atom. The Labute approximate surface area is 113 Å². The van der Waals surface area contributed by atoms with E-state index in [4.69, 9.17) is 0 Å². The summed E-state index contributed by atoms with van der Waals surface area (Å²) in [5.41, 5.74) is 0. The minimum Gasteiger partial charge on any atom is -1.00 e. The monoisotopic (exact) mass is 122 g/mol. The van der Waals surface area contributed by atoms with Crippen LogP contribution in [0.15, 0.2) is 0 Å². The smallest absolute Gasteiger partial charge is 1.00 e. The molecule has 0 N–H and O–H groups in total. The van der Waals surface area contributed by atoms with Crippen molar-refractivity contribution in [3.05, 3.63) is 0 Å². The van der Waals surface area contributed by atoms with Crippen molar-refractivity contribution < 1.29 is 97.7 Å². The molecule has 20 valence electrons. The molecule has 0 nitrogen and oxygen atoms in total. The van der Waals surface area contributed by atoms with Gasteiger partial charge in [0.15, 0.2) is 17.4 Å². The fourth-order valence-corrected chi connectivity index (χ4v) is 0. The molecule has 0 spiro atoms. The van der Waals surface area contributed by atoms with Crippen molar-refractivity contribution >= 4 is 17.4 Å². The second-order valence-electron chi connectivity index (χ2n) is 0. The van der Waals surface area contributed by atoms with Crippen molar-refractivity contribution in [3.63, 3.8) is 0 Å². The summed E-state index contributed by atoms with van der Waals surface area (Å²) in [6.07, 6.45) is 0. The Balaban J connectivity index is 0. The van der Waals surface area contributed by atoms with Crippen molar-refractivity contribution in [2.24, 2.45) is 0 Å². The largest absolute Gasteiger partial charge is 1.00 e. The van der Waals surface area contributed by atoms with Crippen molar-refractivity contribution in [2.75, 3.05) is 0 Å². The average molecular weight is 122 g/mol. The first-order valence-electron chi connectivity index (χ1n) is 0. The molecule has 0 amide bonds. The topological polar surface area (TPSA) is 0 Å². The molecular formula is H7AlFNa3. The predicted octanol–water partition coefficient (Wildman–Crippen LogP) is -9.68. The van der Waals surface area contributed by atoms with E-state index in [0.717, 1.165) is 0 Å². The van der Waals surface area contributed by atoms with E-state index in [9.17, 15) is 0 Å². The molecule has 5 heteroatoms. The summed E-state index contributed by atoms with van der Waals surface area (Å²) in [5.74, 6) is 0. The van der Waals surface area contributed by atoms with Gasteiger partial charge in [0, 0.05) is 0 Å². The Morgan fingerprint density at radius 1 is 0.800 bits per heavy atom. The summed E-state index contributed by atoms with van der Waals surface area (Å²) in [5, 5.41) is 0. The molecule has 0 atom stereocenters. The molecule has 0 unspecified atom stereocenters. The third-order valence-corrected chi connectivity index (χ3v) is 0. The van der Waals surface area contributed by atoms with Crippen molar-refractivity contribution in [1.82, 2.24) is 0 Å². The van der Waals surface area contributed by atoms with E-state index in [1.165, 1.54) is 0 Å². The number of hydrogen-bond acceptors (Lipinski definition) is 0. The molecule has 0 aromatic rings. The van der Waals surface area contributed by atoms with Gasteiger partial charge in [0.05, 0.1) is 0 Å². The Hall–Kier alpha value is 3.46. The Kier molecular flexibility index (Phi) is 204. The van der Waals surface area contributed by atoms with Gasteiger partial charge in [-0.15, -0.1) is 0 Å². The van der Waals surface area contributed by atoms with Crippen LogP contribution in [-0.4, -0.2) is 17.4 Å². The van der Waals surface area contributed by atoms with Gasteiger partial charge in [0.1, 0.15) is 0 Å². The normalized spacial score (nSPS) is 0. The van der Waals surface area contributed by atoms with Gasteiger partial charge in [0.2, 0.25) is 0 Å². The first-order chi connectivity index (χ1) is 0. The van der Waals surface area contributed by atoms with Crippen LogP contribution < -0.4 is 88.7 Å². The average Bonchev–Trinajstić information content (AvgIpc) is 0. The standard InChI is InChI=1S/Al.FH.3Na.6H/h;1H;;;;;;;;;/q;;3*+1;;;;3*-1. The second-order valence-corrected chi connectivity index (χ2v) is 0. The molecule has 0 heterocycles. The van der Waals surface area contributed by atoms with E-state index in [1.807, 2.05) is 0 Å². The van der Waals surface area contributed by atoms with E-state index < -0.39 is 0 Å². The second kappa shape index (κ2) is 26.0. The van der Waals surface area contributed by atoms with E-state index in [2.05, 4.69) is 0 Å². The van der Waals surface area contributed by atoms with Crippen LogP contribution >= 0.6 is 0 Å². The molecule has 0 rings (SSSR count). The van der Waals surface area contributed by atoms with Crippen molar-refractivity contribution in [1.29, 1.82) is 0 Å². The van der Waals surface area contributed by atoms with Gasteiger partial charge in [-0.3, -0.25) is 4.70 Å². The van der Waals surface area contributed by atoms with Crippen LogP contribution in [-0.2, 0) is 0 Å². The summed E-state index contributed by atoms with van der Waals surface area (Å²) < 4.78 is 0. The zero-order valence-electron chi connectivity index (χ0n) is 6.41. The van der Waals surface area contributed by atoms with Gasteiger partial charge in [-0.05, 0) is 0 Å². The SMILES string of the molecule is F.[AlH3].[H-].[H-].[H-].[Na+].[Na+].[Na+]. The molecule has 0 saturated carbocycles. The van der Waals surface area contributed by atoms with Gasteiger partial charge in [0.25, 0.3) is 0 Å². The van der Waals surface area contributed by atoms with Crippen molar-refractivity contribution in [2.45, 2.75) is 0 Å². The molecule has 0 radical (unpaired) electrons. The van der Waals surface area contributed by atoms with Crippen LogP contribution in [0.4, 0.5) is 4.70 Å². The summed E-state index contributed by atoms with van der Waals surface area (Å²) >= 11 is 0. The Morgan fingerprint density at radius 3 is 0.800 bits per heavy atom. The fraction of sp³-hybridized carbons (Fsp3) is 0. The van der Waals surface area contributed by atoms with E-state index in [0.29, 0.717) is 0 Å². The minimum absolute atomic E-state index is 0. The van der Waals surface area contributed by atoms with E-state index >= 15 is 0 Å². The van der Waals surface area contributed by atoms with Gasteiger partial charge >= 0.3 is 88.7 Å². The van der Waals surface area contributed by atoms with Crippen LogP contribution in [0.5, 0.6) is 0 Å². The minimum atomic E-state index is 0. The third-order valence-electron chi connectivity index (χ3n) is 0. The maximum atomic E-state index is 0. The zero-order chi connectivity index (χ0) is 0. The molecule has 0 aromatic heterocycles. The molecule has 0 aliphatic carbocycles. The predicted molar refractivity (Wildman–Crippen MR) is 15.8 cm³/mol. The molecule has 5 heavy (non-hydrogen) atoms. The Bertz CT molecular complexity index is 14.5. The van der Waals surface area contributed by atoms with Crippen molar-refractivity contribution in [3.8, 4) is 0 Å². The summed E-state index contributed by atoms with van der Waals surface area (Å²) in [4.78, 5) is 0.